The van der Waals surface area contributed by atoms with Gasteiger partial charge in [0.05, 0.1) is 16.8 Å². The lowest BCUT2D eigenvalue weighted by molar-refractivity contribution is 0.0793. The van der Waals surface area contributed by atoms with Crippen LogP contribution in [0.1, 0.15) is 23.2 Å². The third-order valence-corrected chi connectivity index (χ3v) is 3.82. The van der Waals surface area contributed by atoms with E-state index in [9.17, 15) is 13.2 Å². The van der Waals surface area contributed by atoms with E-state index in [-0.39, 0.29) is 10.9 Å². The van der Waals surface area contributed by atoms with E-state index in [0.717, 1.165) is 32.2 Å². The van der Waals surface area contributed by atoms with Crippen molar-refractivity contribution in [3.8, 4) is 0 Å². The van der Waals surface area contributed by atoms with Crippen molar-refractivity contribution in [2.45, 2.75) is 12.8 Å². The first-order valence-electron chi connectivity index (χ1n) is 5.93. The summed E-state index contributed by atoms with van der Waals surface area (Å²) in [6.07, 6.45) is 3.08. The Labute approximate surface area is 117 Å². The van der Waals surface area contributed by atoms with Crippen LogP contribution < -0.4 is 4.72 Å². The minimum atomic E-state index is -3.35. The van der Waals surface area contributed by atoms with Gasteiger partial charge in [0.15, 0.2) is 0 Å². The maximum atomic E-state index is 12.2. The van der Waals surface area contributed by atoms with Crippen molar-refractivity contribution < 1.29 is 13.2 Å². The zero-order chi connectivity index (χ0) is 14.0. The Morgan fingerprint density at radius 1 is 1.32 bits per heavy atom. The molecule has 0 radical (unpaired) electrons. The molecule has 0 atom stereocenters. The van der Waals surface area contributed by atoms with Crippen molar-refractivity contribution in [3.05, 3.63) is 28.8 Å². The van der Waals surface area contributed by atoms with Crippen LogP contribution in [0.4, 0.5) is 5.69 Å². The number of rotatable bonds is 3. The lowest BCUT2D eigenvalue weighted by Gasteiger charge is -2.16. The van der Waals surface area contributed by atoms with Crippen molar-refractivity contribution in [1.29, 1.82) is 0 Å². The second-order valence-electron chi connectivity index (χ2n) is 4.57. The predicted molar refractivity (Wildman–Crippen MR) is 75.1 cm³/mol. The second kappa shape index (κ2) is 5.38. The number of sulfonamides is 1. The molecule has 19 heavy (non-hydrogen) atoms. The number of amides is 1. The van der Waals surface area contributed by atoms with E-state index in [0.29, 0.717) is 11.3 Å². The number of carbonyl (C=O) groups is 1. The van der Waals surface area contributed by atoms with Crippen LogP contribution in [0.2, 0.25) is 5.02 Å². The van der Waals surface area contributed by atoms with E-state index in [2.05, 4.69) is 4.72 Å². The molecule has 0 aromatic heterocycles. The molecule has 5 nitrogen and oxygen atoms in total. The summed E-state index contributed by atoms with van der Waals surface area (Å²) in [5.41, 5.74) is 0.757. The summed E-state index contributed by atoms with van der Waals surface area (Å²) >= 11 is 6.05. The molecule has 0 spiro atoms. The van der Waals surface area contributed by atoms with Crippen molar-refractivity contribution in [2.75, 3.05) is 24.1 Å². The van der Waals surface area contributed by atoms with Gasteiger partial charge in [-0.3, -0.25) is 9.52 Å². The highest BCUT2D eigenvalue weighted by Gasteiger charge is 2.21. The molecule has 1 fully saturated rings. The lowest BCUT2D eigenvalue weighted by atomic mass is 10.2. The Kier molecular flexibility index (Phi) is 4.01. The van der Waals surface area contributed by atoms with E-state index < -0.39 is 10.0 Å². The summed E-state index contributed by atoms with van der Waals surface area (Å²) in [5, 5.41) is 0.255. The highest BCUT2D eigenvalue weighted by molar-refractivity contribution is 7.92. The minimum Gasteiger partial charge on any atom is -0.339 e. The molecule has 0 unspecified atom stereocenters. The van der Waals surface area contributed by atoms with Crippen LogP contribution in [0.3, 0.4) is 0 Å². The van der Waals surface area contributed by atoms with Crippen molar-refractivity contribution >= 4 is 33.2 Å². The maximum Gasteiger partial charge on any atom is 0.255 e. The Morgan fingerprint density at radius 2 is 1.95 bits per heavy atom. The SMILES string of the molecule is CS(=O)(=O)Nc1ccc(C(=O)N2CCCC2)c(Cl)c1. The van der Waals surface area contributed by atoms with Crippen molar-refractivity contribution in [2.24, 2.45) is 0 Å². The molecule has 1 aliphatic rings. The molecule has 0 saturated carbocycles. The normalized spacial score (nSPS) is 15.6. The van der Waals surface area contributed by atoms with E-state index in [1.165, 1.54) is 12.1 Å². The standard InChI is InChI=1S/C12H15ClN2O3S/c1-19(17,18)14-9-4-5-10(11(13)8-9)12(16)15-6-2-3-7-15/h4-5,8,14H,2-3,6-7H2,1H3. The summed E-state index contributed by atoms with van der Waals surface area (Å²) in [6, 6.07) is 4.54. The van der Waals surface area contributed by atoms with Crippen LogP contribution in [0.25, 0.3) is 0 Å². The van der Waals surface area contributed by atoms with Crippen molar-refractivity contribution in [1.82, 2.24) is 4.90 Å². The molecule has 2 rings (SSSR count). The largest absolute Gasteiger partial charge is 0.339 e. The highest BCUT2D eigenvalue weighted by Crippen LogP contribution is 2.24. The molecule has 0 bridgehead atoms. The number of benzene rings is 1. The average Bonchev–Trinajstić information content (AvgIpc) is 2.79. The molecule has 0 aliphatic carbocycles. The molecule has 1 aromatic carbocycles. The molecular weight excluding hydrogens is 288 g/mol. The predicted octanol–water partition coefficient (Wildman–Crippen LogP) is 1.95. The van der Waals surface area contributed by atoms with Gasteiger partial charge >= 0.3 is 0 Å². The summed E-state index contributed by atoms with van der Waals surface area (Å²) in [4.78, 5) is 13.9. The number of halogens is 1. The van der Waals surface area contributed by atoms with Crippen LogP contribution in [0.15, 0.2) is 18.2 Å². The fourth-order valence-electron chi connectivity index (χ4n) is 2.06. The molecule has 1 aliphatic heterocycles. The van der Waals surface area contributed by atoms with Gasteiger partial charge in [0.2, 0.25) is 10.0 Å². The molecule has 104 valence electrons. The minimum absolute atomic E-state index is 0.103. The van der Waals surface area contributed by atoms with Crippen LogP contribution in [0.5, 0.6) is 0 Å². The quantitative estimate of drug-likeness (QED) is 0.928. The Morgan fingerprint density at radius 3 is 2.47 bits per heavy atom. The number of nitrogens with zero attached hydrogens (tertiary/aromatic N) is 1. The maximum absolute atomic E-state index is 12.2. The van der Waals surface area contributed by atoms with Gasteiger partial charge in [-0.1, -0.05) is 11.6 Å². The first kappa shape index (κ1) is 14.1. The Hall–Kier alpha value is -1.27. The number of carbonyl (C=O) groups excluding carboxylic acids is 1. The Balaban J connectivity index is 2.21. The molecule has 1 N–H and O–H groups in total. The number of hydrogen-bond acceptors (Lipinski definition) is 3. The monoisotopic (exact) mass is 302 g/mol. The van der Waals surface area contributed by atoms with Gasteiger partial charge in [-0.2, -0.15) is 0 Å². The van der Waals surface area contributed by atoms with E-state index >= 15 is 0 Å². The molecule has 1 aromatic rings. The fourth-order valence-corrected chi connectivity index (χ4v) is 2.87. The zero-order valence-corrected chi connectivity index (χ0v) is 12.1. The number of hydrogen-bond donors (Lipinski definition) is 1. The van der Waals surface area contributed by atoms with Gasteiger partial charge in [-0.05, 0) is 31.0 Å². The van der Waals surface area contributed by atoms with Gasteiger partial charge in [0.1, 0.15) is 0 Å². The summed E-state index contributed by atoms with van der Waals surface area (Å²) in [5.74, 6) is -0.103. The summed E-state index contributed by atoms with van der Waals surface area (Å²) in [6.45, 7) is 1.50. The topological polar surface area (TPSA) is 66.5 Å². The van der Waals surface area contributed by atoms with Gasteiger partial charge in [-0.25, -0.2) is 8.42 Å². The van der Waals surface area contributed by atoms with Crippen LogP contribution >= 0.6 is 11.6 Å². The lowest BCUT2D eigenvalue weighted by Crippen LogP contribution is -2.27. The van der Waals surface area contributed by atoms with Crippen molar-refractivity contribution in [3.63, 3.8) is 0 Å². The first-order valence-corrected chi connectivity index (χ1v) is 8.20. The van der Waals surface area contributed by atoms with Crippen LogP contribution in [-0.2, 0) is 10.0 Å². The third kappa shape index (κ3) is 3.61. The number of likely N-dealkylation sites (tertiary alicyclic amines) is 1. The molecular formula is C12H15ClN2O3S. The van der Waals surface area contributed by atoms with E-state index in [4.69, 9.17) is 11.6 Å². The van der Waals surface area contributed by atoms with Gasteiger partial charge in [0.25, 0.3) is 5.91 Å². The molecule has 1 saturated heterocycles. The molecule has 1 amide bonds. The first-order chi connectivity index (χ1) is 8.87. The highest BCUT2D eigenvalue weighted by atomic mass is 35.5. The zero-order valence-electron chi connectivity index (χ0n) is 10.5. The van der Waals surface area contributed by atoms with Gasteiger partial charge in [-0.15, -0.1) is 0 Å². The number of anilines is 1. The molecule has 1 heterocycles. The van der Waals surface area contributed by atoms with E-state index in [1.807, 2.05) is 0 Å². The third-order valence-electron chi connectivity index (χ3n) is 2.90. The Bertz CT molecular complexity index is 595. The smallest absolute Gasteiger partial charge is 0.255 e. The van der Waals surface area contributed by atoms with E-state index in [1.54, 1.807) is 11.0 Å². The summed E-state index contributed by atoms with van der Waals surface area (Å²) < 4.78 is 24.5. The van der Waals surface area contributed by atoms with Crippen LogP contribution in [0, 0.1) is 0 Å². The second-order valence-corrected chi connectivity index (χ2v) is 6.72. The number of nitrogens with one attached hydrogen (secondary N) is 1. The van der Waals surface area contributed by atoms with Gasteiger partial charge in [0, 0.05) is 18.8 Å². The average molecular weight is 303 g/mol. The fraction of sp³-hybridized carbons (Fsp3) is 0.417. The van der Waals surface area contributed by atoms with Crippen LogP contribution in [-0.4, -0.2) is 38.6 Å². The summed E-state index contributed by atoms with van der Waals surface area (Å²) in [7, 11) is -3.35. The van der Waals surface area contributed by atoms with Gasteiger partial charge < -0.3 is 4.90 Å². The molecule has 7 heteroatoms.